The Hall–Kier alpha value is -2.41. The molecule has 1 saturated heterocycles. The molecule has 0 aliphatic carbocycles. The van der Waals surface area contributed by atoms with Crippen molar-refractivity contribution >= 4 is 11.3 Å². The highest BCUT2D eigenvalue weighted by Crippen LogP contribution is 2.24. The van der Waals surface area contributed by atoms with Gasteiger partial charge in [-0.1, -0.05) is 30.3 Å². The molecule has 29 heavy (non-hydrogen) atoms. The van der Waals surface area contributed by atoms with E-state index in [4.69, 9.17) is 14.5 Å². The number of hydrogen-bond donors (Lipinski definition) is 0. The lowest BCUT2D eigenvalue weighted by atomic mass is 10.2. The van der Waals surface area contributed by atoms with Crippen LogP contribution in [0.1, 0.15) is 5.69 Å². The summed E-state index contributed by atoms with van der Waals surface area (Å²) in [5.74, 6) is 1.74. The predicted molar refractivity (Wildman–Crippen MR) is 118 cm³/mol. The van der Waals surface area contributed by atoms with E-state index in [0.717, 1.165) is 55.8 Å². The van der Waals surface area contributed by atoms with Gasteiger partial charge in [-0.2, -0.15) is 0 Å². The third-order valence-electron chi connectivity index (χ3n) is 5.16. The average molecular weight is 410 g/mol. The average Bonchev–Trinajstić information content (AvgIpc) is 3.25. The van der Waals surface area contributed by atoms with E-state index in [0.29, 0.717) is 6.61 Å². The minimum atomic E-state index is 0.707. The van der Waals surface area contributed by atoms with Crippen molar-refractivity contribution in [3.8, 4) is 22.1 Å². The number of rotatable bonds is 8. The molecule has 1 fully saturated rings. The second-order valence-electron chi connectivity index (χ2n) is 7.15. The van der Waals surface area contributed by atoms with Crippen LogP contribution in [-0.2, 0) is 6.54 Å². The Balaban J connectivity index is 1.18. The maximum atomic E-state index is 5.86. The molecule has 0 unspecified atom stereocenters. The van der Waals surface area contributed by atoms with Gasteiger partial charge in [0.05, 0.1) is 12.8 Å². The molecule has 4 rings (SSSR count). The van der Waals surface area contributed by atoms with Gasteiger partial charge in [0.25, 0.3) is 0 Å². The molecule has 0 radical (unpaired) electrons. The normalized spacial score (nSPS) is 15.3. The standard InChI is InChI=1S/C23H27N3O2S/c1-27-21-7-9-22(10-8-21)28-16-15-25-11-13-26(14-12-25)17-20-18-29-23(24-20)19-5-3-2-4-6-19/h2-10,18H,11-17H2,1H3. The first-order valence-corrected chi connectivity index (χ1v) is 10.9. The zero-order valence-electron chi connectivity index (χ0n) is 16.8. The van der Waals surface area contributed by atoms with Crippen LogP contribution >= 0.6 is 11.3 Å². The van der Waals surface area contributed by atoms with Crippen molar-refractivity contribution in [3.63, 3.8) is 0 Å². The van der Waals surface area contributed by atoms with E-state index in [1.165, 1.54) is 11.3 Å². The summed E-state index contributed by atoms with van der Waals surface area (Å²) in [5.41, 5.74) is 2.37. The van der Waals surface area contributed by atoms with Crippen LogP contribution in [0, 0.1) is 0 Å². The number of thiazole rings is 1. The van der Waals surface area contributed by atoms with Gasteiger partial charge in [-0.15, -0.1) is 11.3 Å². The van der Waals surface area contributed by atoms with Gasteiger partial charge in [-0.05, 0) is 24.3 Å². The number of benzene rings is 2. The van der Waals surface area contributed by atoms with E-state index in [2.05, 4.69) is 39.4 Å². The summed E-state index contributed by atoms with van der Waals surface area (Å²) >= 11 is 1.73. The Labute approximate surface area is 176 Å². The van der Waals surface area contributed by atoms with Crippen molar-refractivity contribution < 1.29 is 9.47 Å². The first-order chi connectivity index (χ1) is 14.3. The minimum Gasteiger partial charge on any atom is -0.497 e. The predicted octanol–water partition coefficient (Wildman–Crippen LogP) is 4.02. The van der Waals surface area contributed by atoms with E-state index in [1.54, 1.807) is 18.4 Å². The van der Waals surface area contributed by atoms with Gasteiger partial charge in [-0.25, -0.2) is 4.98 Å². The molecule has 2 aromatic carbocycles. The van der Waals surface area contributed by atoms with Crippen molar-refractivity contribution in [3.05, 3.63) is 65.7 Å². The molecular formula is C23H27N3O2S. The number of nitrogens with zero attached hydrogens (tertiary/aromatic N) is 3. The quantitative estimate of drug-likeness (QED) is 0.562. The summed E-state index contributed by atoms with van der Waals surface area (Å²) in [4.78, 5) is 9.78. The lowest BCUT2D eigenvalue weighted by molar-refractivity contribution is 0.112. The van der Waals surface area contributed by atoms with E-state index < -0.39 is 0 Å². The number of piperazine rings is 1. The smallest absolute Gasteiger partial charge is 0.123 e. The molecule has 1 aromatic heterocycles. The van der Waals surface area contributed by atoms with Gasteiger partial charge in [0.2, 0.25) is 0 Å². The first kappa shape index (κ1) is 19.9. The first-order valence-electron chi connectivity index (χ1n) is 10.0. The van der Waals surface area contributed by atoms with Crippen LogP contribution < -0.4 is 9.47 Å². The van der Waals surface area contributed by atoms with Crippen LogP contribution in [0.3, 0.4) is 0 Å². The molecule has 0 spiro atoms. The van der Waals surface area contributed by atoms with Crippen molar-refractivity contribution in [1.82, 2.24) is 14.8 Å². The second kappa shape index (κ2) is 9.87. The lowest BCUT2D eigenvalue weighted by Gasteiger charge is -2.34. The van der Waals surface area contributed by atoms with E-state index in [1.807, 2.05) is 30.3 Å². The van der Waals surface area contributed by atoms with E-state index in [9.17, 15) is 0 Å². The van der Waals surface area contributed by atoms with E-state index in [-0.39, 0.29) is 0 Å². The number of hydrogen-bond acceptors (Lipinski definition) is 6. The molecule has 6 heteroatoms. The van der Waals surface area contributed by atoms with Crippen LogP contribution in [0.25, 0.3) is 10.6 Å². The van der Waals surface area contributed by atoms with Crippen molar-refractivity contribution in [2.75, 3.05) is 46.4 Å². The fourth-order valence-corrected chi connectivity index (χ4v) is 4.27. The number of methoxy groups -OCH3 is 1. The topological polar surface area (TPSA) is 37.8 Å². The van der Waals surface area contributed by atoms with Gasteiger partial charge < -0.3 is 9.47 Å². The summed E-state index contributed by atoms with van der Waals surface area (Å²) in [6.45, 7) is 6.87. The maximum Gasteiger partial charge on any atom is 0.123 e. The molecule has 0 bridgehead atoms. The van der Waals surface area contributed by atoms with E-state index >= 15 is 0 Å². The highest BCUT2D eigenvalue weighted by atomic mass is 32.1. The van der Waals surface area contributed by atoms with Gasteiger partial charge >= 0.3 is 0 Å². The SMILES string of the molecule is COc1ccc(OCCN2CCN(Cc3csc(-c4ccccc4)n3)CC2)cc1. The summed E-state index contributed by atoms with van der Waals surface area (Å²) in [6, 6.07) is 18.2. The summed E-state index contributed by atoms with van der Waals surface area (Å²) in [5, 5.41) is 3.30. The molecule has 1 aliphatic heterocycles. The second-order valence-corrected chi connectivity index (χ2v) is 8.01. The number of aromatic nitrogens is 1. The zero-order chi connectivity index (χ0) is 19.9. The van der Waals surface area contributed by atoms with Crippen LogP contribution in [0.2, 0.25) is 0 Å². The molecule has 5 nitrogen and oxygen atoms in total. The Morgan fingerprint density at radius 2 is 1.59 bits per heavy atom. The van der Waals surface area contributed by atoms with Crippen LogP contribution in [0.15, 0.2) is 60.0 Å². The summed E-state index contributed by atoms with van der Waals surface area (Å²) in [7, 11) is 1.67. The fourth-order valence-electron chi connectivity index (χ4n) is 3.46. The van der Waals surface area contributed by atoms with Crippen LogP contribution in [-0.4, -0.2) is 61.2 Å². The third kappa shape index (κ3) is 5.56. The van der Waals surface area contributed by atoms with Crippen molar-refractivity contribution in [2.24, 2.45) is 0 Å². The van der Waals surface area contributed by atoms with Crippen LogP contribution in [0.5, 0.6) is 11.5 Å². The molecule has 2 heterocycles. The zero-order valence-corrected chi connectivity index (χ0v) is 17.6. The summed E-state index contributed by atoms with van der Waals surface area (Å²) < 4.78 is 11.0. The molecule has 152 valence electrons. The highest BCUT2D eigenvalue weighted by molar-refractivity contribution is 7.13. The van der Waals surface area contributed by atoms with Crippen LogP contribution in [0.4, 0.5) is 0 Å². The van der Waals surface area contributed by atoms with Gasteiger partial charge in [0.15, 0.2) is 0 Å². The molecule has 0 N–H and O–H groups in total. The van der Waals surface area contributed by atoms with Gasteiger partial charge in [-0.3, -0.25) is 9.80 Å². The fraction of sp³-hybridized carbons (Fsp3) is 0.348. The molecule has 0 amide bonds. The Kier molecular flexibility index (Phi) is 6.77. The summed E-state index contributed by atoms with van der Waals surface area (Å²) in [6.07, 6.45) is 0. The van der Waals surface area contributed by atoms with Gasteiger partial charge in [0, 0.05) is 50.2 Å². The van der Waals surface area contributed by atoms with Gasteiger partial charge in [0.1, 0.15) is 23.1 Å². The Bertz CT molecular complexity index is 875. The Morgan fingerprint density at radius 3 is 2.31 bits per heavy atom. The molecule has 0 saturated carbocycles. The van der Waals surface area contributed by atoms with Crippen molar-refractivity contribution in [2.45, 2.75) is 6.54 Å². The molecule has 3 aromatic rings. The third-order valence-corrected chi connectivity index (χ3v) is 6.10. The van der Waals surface area contributed by atoms with Crippen molar-refractivity contribution in [1.29, 1.82) is 0 Å². The molecular weight excluding hydrogens is 382 g/mol. The monoisotopic (exact) mass is 409 g/mol. The largest absolute Gasteiger partial charge is 0.497 e. The highest BCUT2D eigenvalue weighted by Gasteiger charge is 2.18. The minimum absolute atomic E-state index is 0.707. The lowest BCUT2D eigenvalue weighted by Crippen LogP contribution is -2.47. The molecule has 1 aliphatic rings. The Morgan fingerprint density at radius 1 is 0.897 bits per heavy atom. The maximum absolute atomic E-state index is 5.86. The molecule has 0 atom stereocenters. The number of ether oxygens (including phenoxy) is 2.